The second-order valence-corrected chi connectivity index (χ2v) is 7.11. The van der Waals surface area contributed by atoms with Gasteiger partial charge in [0, 0.05) is 50.3 Å². The van der Waals surface area contributed by atoms with Crippen molar-refractivity contribution in [2.75, 3.05) is 44.6 Å². The van der Waals surface area contributed by atoms with Gasteiger partial charge in [0.2, 0.25) is 5.43 Å². The quantitative estimate of drug-likeness (QED) is 0.161. The van der Waals surface area contributed by atoms with Crippen LogP contribution in [0.25, 0.3) is 27.2 Å². The standard InChI is InChI=1S/C21H26N6O3/c22-6-7-24-12-15-13-4-5-14(25-9-8-23-10-11-28)18-20(13)27(26-15)16-2-1-3-17(29)19(16)21(18)30/h1-5,23-25,28-29H,6-12,22H2. The molecule has 0 amide bonds. The highest BCUT2D eigenvalue weighted by Gasteiger charge is 2.21. The zero-order chi connectivity index (χ0) is 21.1. The van der Waals surface area contributed by atoms with Crippen LogP contribution in [0.4, 0.5) is 5.69 Å². The lowest BCUT2D eigenvalue weighted by molar-refractivity contribution is 0.293. The van der Waals surface area contributed by atoms with E-state index in [0.717, 1.165) is 16.6 Å². The first-order chi connectivity index (χ1) is 14.7. The van der Waals surface area contributed by atoms with Crippen LogP contribution in [0, 0.1) is 0 Å². The average molecular weight is 410 g/mol. The summed E-state index contributed by atoms with van der Waals surface area (Å²) in [6.45, 7) is 3.53. The Labute approximate surface area is 172 Å². The number of nitrogens with one attached hydrogen (secondary N) is 3. The van der Waals surface area contributed by atoms with E-state index in [0.29, 0.717) is 55.9 Å². The number of hydrogen-bond donors (Lipinski definition) is 6. The van der Waals surface area contributed by atoms with Crippen molar-refractivity contribution in [1.29, 1.82) is 0 Å². The van der Waals surface area contributed by atoms with Gasteiger partial charge in [0.1, 0.15) is 5.75 Å². The zero-order valence-corrected chi connectivity index (χ0v) is 16.6. The van der Waals surface area contributed by atoms with Gasteiger partial charge < -0.3 is 31.9 Å². The van der Waals surface area contributed by atoms with Gasteiger partial charge in [-0.2, -0.15) is 5.10 Å². The van der Waals surface area contributed by atoms with Gasteiger partial charge in [-0.05, 0) is 24.3 Å². The van der Waals surface area contributed by atoms with E-state index in [9.17, 15) is 9.90 Å². The Balaban J connectivity index is 1.88. The molecule has 30 heavy (non-hydrogen) atoms. The number of phenolic OH excluding ortho intramolecular Hbond substituents is 1. The number of fused-ring (bicyclic) bond motifs is 2. The Morgan fingerprint density at radius 3 is 2.70 bits per heavy atom. The molecule has 158 valence electrons. The molecular formula is C21H26N6O3. The molecule has 0 saturated carbocycles. The molecule has 0 radical (unpaired) electrons. The van der Waals surface area contributed by atoms with Crippen molar-refractivity contribution in [3.8, 4) is 5.75 Å². The number of aliphatic hydroxyl groups is 1. The summed E-state index contributed by atoms with van der Waals surface area (Å²) in [5.74, 6) is -0.0611. The lowest BCUT2D eigenvalue weighted by Crippen LogP contribution is -2.25. The smallest absolute Gasteiger partial charge is 0.203 e. The molecular weight excluding hydrogens is 384 g/mol. The molecule has 4 aromatic rings. The molecule has 0 fully saturated rings. The van der Waals surface area contributed by atoms with E-state index in [4.69, 9.17) is 15.9 Å². The highest BCUT2D eigenvalue weighted by molar-refractivity contribution is 6.09. The number of aromatic hydroxyl groups is 1. The number of anilines is 1. The van der Waals surface area contributed by atoms with Gasteiger partial charge in [0.05, 0.1) is 34.1 Å². The van der Waals surface area contributed by atoms with Gasteiger partial charge in [-0.25, -0.2) is 4.52 Å². The van der Waals surface area contributed by atoms with Crippen molar-refractivity contribution in [2.45, 2.75) is 6.54 Å². The first-order valence-electron chi connectivity index (χ1n) is 10.0. The molecule has 0 aliphatic heterocycles. The van der Waals surface area contributed by atoms with E-state index in [2.05, 4.69) is 16.0 Å². The number of benzene rings is 2. The van der Waals surface area contributed by atoms with Crippen LogP contribution in [0.15, 0.2) is 35.1 Å². The average Bonchev–Trinajstić information content (AvgIpc) is 3.11. The van der Waals surface area contributed by atoms with Crippen molar-refractivity contribution in [1.82, 2.24) is 20.2 Å². The molecule has 9 nitrogen and oxygen atoms in total. The van der Waals surface area contributed by atoms with Gasteiger partial charge in [0.15, 0.2) is 0 Å². The molecule has 2 aromatic carbocycles. The summed E-state index contributed by atoms with van der Waals surface area (Å²) in [5.41, 5.74) is 8.16. The molecule has 2 aromatic heterocycles. The van der Waals surface area contributed by atoms with Gasteiger partial charge in [-0.1, -0.05) is 6.07 Å². The van der Waals surface area contributed by atoms with E-state index < -0.39 is 0 Å². The highest BCUT2D eigenvalue weighted by atomic mass is 16.3. The molecule has 0 atom stereocenters. The van der Waals surface area contributed by atoms with E-state index in [1.54, 1.807) is 16.6 Å². The van der Waals surface area contributed by atoms with Crippen molar-refractivity contribution in [3.05, 3.63) is 46.2 Å². The summed E-state index contributed by atoms with van der Waals surface area (Å²) in [6.07, 6.45) is 0. The van der Waals surface area contributed by atoms with Crippen molar-refractivity contribution >= 4 is 32.9 Å². The van der Waals surface area contributed by atoms with E-state index in [1.807, 2.05) is 12.1 Å². The van der Waals surface area contributed by atoms with Crippen molar-refractivity contribution in [2.24, 2.45) is 5.73 Å². The molecule has 7 N–H and O–H groups in total. The Morgan fingerprint density at radius 2 is 1.90 bits per heavy atom. The maximum atomic E-state index is 13.4. The number of aromatic nitrogens is 2. The first kappa shape index (κ1) is 20.3. The predicted molar refractivity (Wildman–Crippen MR) is 119 cm³/mol. The van der Waals surface area contributed by atoms with Crippen LogP contribution in [0.3, 0.4) is 0 Å². The van der Waals surface area contributed by atoms with Crippen LogP contribution in [0.2, 0.25) is 0 Å². The molecule has 2 heterocycles. The number of pyridine rings is 1. The molecule has 0 aliphatic rings. The maximum Gasteiger partial charge on any atom is 0.203 e. The molecule has 0 saturated heterocycles. The fourth-order valence-electron chi connectivity index (χ4n) is 3.81. The second-order valence-electron chi connectivity index (χ2n) is 7.11. The van der Waals surface area contributed by atoms with Crippen LogP contribution in [-0.2, 0) is 6.54 Å². The highest BCUT2D eigenvalue weighted by Crippen LogP contribution is 2.32. The lowest BCUT2D eigenvalue weighted by Gasteiger charge is -2.12. The van der Waals surface area contributed by atoms with Crippen LogP contribution < -0.4 is 27.1 Å². The third-order valence-corrected chi connectivity index (χ3v) is 5.14. The predicted octanol–water partition coefficient (Wildman–Crippen LogP) is 0.186. The Morgan fingerprint density at radius 1 is 1.03 bits per heavy atom. The Bertz CT molecular complexity index is 1220. The summed E-state index contributed by atoms with van der Waals surface area (Å²) in [6, 6.07) is 8.86. The minimum atomic E-state index is -0.228. The minimum Gasteiger partial charge on any atom is -0.507 e. The Hall–Kier alpha value is -2.98. The summed E-state index contributed by atoms with van der Waals surface area (Å²) >= 11 is 0. The summed E-state index contributed by atoms with van der Waals surface area (Å²) in [5, 5.41) is 35.3. The van der Waals surface area contributed by atoms with Crippen LogP contribution in [0.5, 0.6) is 5.75 Å². The fraction of sp³-hybridized carbons (Fsp3) is 0.333. The summed E-state index contributed by atoms with van der Waals surface area (Å²) < 4.78 is 1.75. The maximum absolute atomic E-state index is 13.4. The number of hydrogen-bond acceptors (Lipinski definition) is 8. The SMILES string of the molecule is NCCNCc1nn2c3cccc(O)c3c(=O)c3c(NCCNCCO)ccc1c32. The molecule has 0 spiro atoms. The molecule has 0 aliphatic carbocycles. The van der Waals surface area contributed by atoms with Gasteiger partial charge >= 0.3 is 0 Å². The van der Waals surface area contributed by atoms with E-state index in [-0.39, 0.29) is 23.2 Å². The van der Waals surface area contributed by atoms with Crippen LogP contribution in [0.1, 0.15) is 5.69 Å². The summed E-state index contributed by atoms with van der Waals surface area (Å²) in [7, 11) is 0. The number of rotatable bonds is 10. The number of aliphatic hydroxyl groups excluding tert-OH is 1. The van der Waals surface area contributed by atoms with E-state index >= 15 is 0 Å². The third kappa shape index (κ3) is 3.52. The minimum absolute atomic E-state index is 0.0611. The lowest BCUT2D eigenvalue weighted by atomic mass is 10.0. The number of nitrogens with zero attached hydrogens (tertiary/aromatic N) is 2. The zero-order valence-electron chi connectivity index (χ0n) is 16.6. The monoisotopic (exact) mass is 410 g/mol. The topological polar surface area (TPSA) is 137 Å². The van der Waals surface area contributed by atoms with Crippen molar-refractivity contribution in [3.63, 3.8) is 0 Å². The molecule has 0 bridgehead atoms. The normalized spacial score (nSPS) is 11.8. The van der Waals surface area contributed by atoms with Crippen LogP contribution >= 0.6 is 0 Å². The first-order valence-corrected chi connectivity index (χ1v) is 10.0. The number of phenols is 1. The van der Waals surface area contributed by atoms with E-state index in [1.165, 1.54) is 6.07 Å². The third-order valence-electron chi connectivity index (χ3n) is 5.14. The fourth-order valence-corrected chi connectivity index (χ4v) is 3.81. The number of nitrogens with two attached hydrogens (primary N) is 1. The summed E-state index contributed by atoms with van der Waals surface area (Å²) in [4.78, 5) is 13.4. The molecule has 4 rings (SSSR count). The Kier molecular flexibility index (Phi) is 5.96. The van der Waals surface area contributed by atoms with Gasteiger partial charge in [0.25, 0.3) is 0 Å². The van der Waals surface area contributed by atoms with Gasteiger partial charge in [-0.15, -0.1) is 0 Å². The van der Waals surface area contributed by atoms with Crippen molar-refractivity contribution < 1.29 is 10.2 Å². The molecule has 0 unspecified atom stereocenters. The second kappa shape index (κ2) is 8.80. The molecule has 9 heteroatoms. The largest absolute Gasteiger partial charge is 0.507 e. The van der Waals surface area contributed by atoms with Gasteiger partial charge in [-0.3, -0.25) is 4.79 Å². The van der Waals surface area contributed by atoms with Crippen LogP contribution in [-0.4, -0.2) is 59.2 Å².